The largest absolute Gasteiger partial charge is 0.481 e. The summed E-state index contributed by atoms with van der Waals surface area (Å²) in [6.07, 6.45) is -0.0125. The molecule has 1 fully saturated rings. The molecular weight excluding hydrogens is 542 g/mol. The van der Waals surface area contributed by atoms with E-state index >= 15 is 0 Å². The lowest BCUT2D eigenvalue weighted by atomic mass is 9.77. The molecule has 0 spiro atoms. The van der Waals surface area contributed by atoms with Gasteiger partial charge in [-0.3, -0.25) is 14.3 Å². The molecule has 1 atom stereocenters. The van der Waals surface area contributed by atoms with Gasteiger partial charge in [0.25, 0.3) is 0 Å². The highest BCUT2D eigenvalue weighted by atomic mass is 35.5. The molecule has 4 aromatic rings. The van der Waals surface area contributed by atoms with Crippen molar-refractivity contribution in [3.63, 3.8) is 0 Å². The minimum atomic E-state index is -2.64. The third-order valence-corrected chi connectivity index (χ3v) is 8.05. The van der Waals surface area contributed by atoms with E-state index in [0.717, 1.165) is 5.56 Å². The van der Waals surface area contributed by atoms with E-state index in [-0.39, 0.29) is 48.5 Å². The summed E-state index contributed by atoms with van der Waals surface area (Å²) in [5, 5.41) is 17.6. The topological polar surface area (TPSA) is 136 Å². The molecule has 12 heteroatoms. The number of nitrogens with zero attached hydrogens (tertiary/aromatic N) is 4. The molecule has 0 saturated heterocycles. The van der Waals surface area contributed by atoms with Crippen molar-refractivity contribution in [2.45, 2.75) is 50.5 Å². The van der Waals surface area contributed by atoms with Crippen LogP contribution in [0.5, 0.6) is 0 Å². The van der Waals surface area contributed by atoms with E-state index in [2.05, 4.69) is 20.4 Å². The summed E-state index contributed by atoms with van der Waals surface area (Å²) < 4.78 is 28.6. The van der Waals surface area contributed by atoms with Gasteiger partial charge in [0, 0.05) is 36.2 Å². The third-order valence-electron chi connectivity index (χ3n) is 7.81. The molecule has 1 aliphatic heterocycles. The van der Waals surface area contributed by atoms with Gasteiger partial charge >= 0.3 is 5.97 Å². The zero-order chi connectivity index (χ0) is 28.4. The lowest BCUT2D eigenvalue weighted by Gasteiger charge is -2.34. The molecule has 40 heavy (non-hydrogen) atoms. The lowest BCUT2D eigenvalue weighted by Crippen LogP contribution is -2.37. The Bertz CT molecular complexity index is 1680. The van der Waals surface area contributed by atoms with Crippen LogP contribution < -0.4 is 11.1 Å². The van der Waals surface area contributed by atoms with Crippen molar-refractivity contribution < 1.29 is 23.5 Å². The Morgan fingerprint density at radius 1 is 1.20 bits per heavy atom. The molecule has 9 nitrogen and oxygen atoms in total. The number of halogens is 3. The van der Waals surface area contributed by atoms with E-state index in [9.17, 15) is 18.4 Å². The number of benzene rings is 2. The molecule has 0 bridgehead atoms. The Kier molecular flexibility index (Phi) is 6.02. The zero-order valence-electron chi connectivity index (χ0n) is 21.4. The quantitative estimate of drug-likeness (QED) is 0.285. The number of nitrogens with two attached hydrogens (primary N) is 1. The van der Waals surface area contributed by atoms with Crippen LogP contribution in [0.2, 0.25) is 5.02 Å². The monoisotopic (exact) mass is 566 g/mol. The van der Waals surface area contributed by atoms with Crippen molar-refractivity contribution in [2.75, 3.05) is 11.1 Å². The summed E-state index contributed by atoms with van der Waals surface area (Å²) in [5.41, 5.74) is 8.28. The number of aliphatic carboxylic acids is 1. The molecule has 3 heterocycles. The van der Waals surface area contributed by atoms with E-state index in [1.807, 2.05) is 0 Å². The van der Waals surface area contributed by atoms with Gasteiger partial charge in [0.15, 0.2) is 5.82 Å². The fraction of sp³-hybridized carbons (Fsp3) is 0.321. The average Bonchev–Trinajstić information content (AvgIpc) is 3.36. The normalized spacial score (nSPS) is 19.9. The fourth-order valence-electron chi connectivity index (χ4n) is 5.65. The number of rotatable bonds is 7. The van der Waals surface area contributed by atoms with Crippen molar-refractivity contribution in [2.24, 2.45) is 5.92 Å². The maximum absolute atomic E-state index is 13.5. The number of fused-ring (bicyclic) bond motifs is 2. The summed E-state index contributed by atoms with van der Waals surface area (Å²) in [7, 11) is 0. The number of carboxylic acid groups (broad SMARTS) is 1. The minimum absolute atomic E-state index is 0.00723. The molecule has 4 N–H and O–H groups in total. The van der Waals surface area contributed by atoms with Crippen molar-refractivity contribution >= 4 is 46.0 Å². The van der Waals surface area contributed by atoms with Gasteiger partial charge < -0.3 is 16.2 Å². The highest BCUT2D eigenvalue weighted by Crippen LogP contribution is 2.46. The summed E-state index contributed by atoms with van der Waals surface area (Å²) in [6, 6.07) is 12.3. The van der Waals surface area contributed by atoms with E-state index < -0.39 is 17.3 Å². The number of hydrogen-bond acceptors (Lipinski definition) is 6. The molecular formula is C28H25ClF2N6O3. The molecule has 1 aliphatic carbocycles. The number of anilines is 2. The first-order chi connectivity index (χ1) is 18.9. The van der Waals surface area contributed by atoms with Gasteiger partial charge in [-0.25, -0.2) is 18.7 Å². The number of aromatic nitrogens is 4. The van der Waals surface area contributed by atoms with Gasteiger partial charge in [0.2, 0.25) is 11.8 Å². The van der Waals surface area contributed by atoms with Crippen molar-refractivity contribution in [3.05, 3.63) is 64.2 Å². The van der Waals surface area contributed by atoms with E-state index in [4.69, 9.17) is 22.4 Å². The maximum atomic E-state index is 13.5. The standard InChI is InChI=1S/C28H25ClF2N6O3/c1-27(16-5-2-14(3-6-16)4-9-20(38)39)21-23(32)33-25(34-24(21)35-26(27)40)22-18-8-7-17(29)10-19(18)37(36-22)13-15-11-28(30,31)12-15/h2-3,5-8,10,15H,4,9,11-13H2,1H3,(H,38,39)(H3,32,33,34,35,40). The van der Waals surface area contributed by atoms with Gasteiger partial charge in [0.05, 0.1) is 11.1 Å². The van der Waals surface area contributed by atoms with Crippen LogP contribution in [0.15, 0.2) is 42.5 Å². The number of carboxylic acids is 1. The Morgan fingerprint density at radius 3 is 2.60 bits per heavy atom. The van der Waals surface area contributed by atoms with Crippen LogP contribution in [0.4, 0.5) is 20.4 Å². The number of alkyl halides is 2. The summed E-state index contributed by atoms with van der Waals surface area (Å²) in [5.74, 6) is -3.51. The van der Waals surface area contributed by atoms with E-state index in [0.29, 0.717) is 45.7 Å². The predicted octanol–water partition coefficient (Wildman–Crippen LogP) is 5.05. The molecule has 2 aromatic carbocycles. The molecule has 1 unspecified atom stereocenters. The third kappa shape index (κ3) is 4.34. The average molecular weight is 567 g/mol. The second-order valence-electron chi connectivity index (χ2n) is 10.6. The van der Waals surface area contributed by atoms with Crippen LogP contribution in [0, 0.1) is 5.92 Å². The Labute approximate surface area is 232 Å². The summed E-state index contributed by atoms with van der Waals surface area (Å²) in [6.45, 7) is 2.03. The van der Waals surface area contributed by atoms with Crippen LogP contribution in [-0.2, 0) is 28.0 Å². The Hall–Kier alpha value is -4.12. The summed E-state index contributed by atoms with van der Waals surface area (Å²) in [4.78, 5) is 33.4. The van der Waals surface area contributed by atoms with Gasteiger partial charge in [-0.05, 0) is 48.6 Å². The van der Waals surface area contributed by atoms with Crippen LogP contribution in [-0.4, -0.2) is 42.7 Å². The molecule has 1 saturated carbocycles. The Morgan fingerprint density at radius 2 is 1.93 bits per heavy atom. The number of amides is 1. The second kappa shape index (κ2) is 9.22. The molecule has 6 rings (SSSR count). The maximum Gasteiger partial charge on any atom is 0.303 e. The van der Waals surface area contributed by atoms with Crippen molar-refractivity contribution in [1.82, 2.24) is 19.7 Å². The van der Waals surface area contributed by atoms with Gasteiger partial charge in [-0.2, -0.15) is 5.10 Å². The van der Waals surface area contributed by atoms with Crippen molar-refractivity contribution in [1.29, 1.82) is 0 Å². The van der Waals surface area contributed by atoms with Crippen LogP contribution in [0.3, 0.4) is 0 Å². The smallest absolute Gasteiger partial charge is 0.303 e. The molecule has 1 amide bonds. The lowest BCUT2D eigenvalue weighted by molar-refractivity contribution is -0.137. The first kappa shape index (κ1) is 26.1. The van der Waals surface area contributed by atoms with Gasteiger partial charge in [-0.15, -0.1) is 0 Å². The highest BCUT2D eigenvalue weighted by molar-refractivity contribution is 6.31. The molecule has 206 valence electrons. The number of aryl methyl sites for hydroxylation is 1. The van der Waals surface area contributed by atoms with E-state index in [1.165, 1.54) is 0 Å². The van der Waals surface area contributed by atoms with Crippen LogP contribution >= 0.6 is 11.6 Å². The van der Waals surface area contributed by atoms with Crippen LogP contribution in [0.25, 0.3) is 22.4 Å². The number of nitrogen functional groups attached to an aromatic ring is 1. The van der Waals surface area contributed by atoms with E-state index in [1.54, 1.807) is 54.1 Å². The number of carbonyl (C=O) groups is 2. The Balaban J connectivity index is 1.37. The number of hydrogen-bond donors (Lipinski definition) is 3. The predicted molar refractivity (Wildman–Crippen MR) is 145 cm³/mol. The number of carbonyl (C=O) groups excluding carboxylic acids is 1. The zero-order valence-corrected chi connectivity index (χ0v) is 22.2. The number of nitrogens with one attached hydrogen (secondary N) is 1. The minimum Gasteiger partial charge on any atom is -0.481 e. The molecule has 0 radical (unpaired) electrons. The first-order valence-electron chi connectivity index (χ1n) is 12.8. The van der Waals surface area contributed by atoms with Crippen molar-refractivity contribution in [3.8, 4) is 11.5 Å². The molecule has 2 aliphatic rings. The second-order valence-corrected chi connectivity index (χ2v) is 11.1. The van der Waals surface area contributed by atoms with Gasteiger partial charge in [0.1, 0.15) is 22.7 Å². The van der Waals surface area contributed by atoms with Gasteiger partial charge in [-0.1, -0.05) is 35.9 Å². The SMILES string of the molecule is CC1(c2ccc(CCC(=O)O)cc2)C(=O)Nc2nc(-c3nn(CC4CC(F)(F)C4)c4cc(Cl)ccc34)nc(N)c21. The fourth-order valence-corrected chi connectivity index (χ4v) is 5.82. The molecule has 2 aromatic heterocycles. The van der Waals surface area contributed by atoms with Crippen LogP contribution in [0.1, 0.15) is 42.9 Å². The first-order valence-corrected chi connectivity index (χ1v) is 13.2. The summed E-state index contributed by atoms with van der Waals surface area (Å²) >= 11 is 6.24. The highest BCUT2D eigenvalue weighted by Gasteiger charge is 2.48.